The van der Waals surface area contributed by atoms with Crippen molar-refractivity contribution in [1.29, 1.82) is 0 Å². The Morgan fingerprint density at radius 3 is 2.13 bits per heavy atom. The molecule has 2 amide bonds. The third kappa shape index (κ3) is 3.89. The third-order valence-electron chi connectivity index (χ3n) is 5.70. The fourth-order valence-electron chi connectivity index (χ4n) is 4.11. The van der Waals surface area contributed by atoms with Crippen molar-refractivity contribution in [3.63, 3.8) is 0 Å². The highest BCUT2D eigenvalue weighted by Crippen LogP contribution is 2.38. The summed E-state index contributed by atoms with van der Waals surface area (Å²) >= 11 is 1.39. The molecule has 5 heteroatoms. The lowest BCUT2D eigenvalue weighted by Gasteiger charge is -2.31. The van der Waals surface area contributed by atoms with E-state index in [1.807, 2.05) is 66.7 Å². The molecular formula is C26H22N2O2S. The van der Waals surface area contributed by atoms with Gasteiger partial charge >= 0.3 is 0 Å². The lowest BCUT2D eigenvalue weighted by molar-refractivity contribution is -0.138. The Balaban J connectivity index is 1.50. The van der Waals surface area contributed by atoms with Gasteiger partial charge in [0, 0.05) is 18.0 Å². The molecule has 0 radical (unpaired) electrons. The summed E-state index contributed by atoms with van der Waals surface area (Å²) in [6.07, 6.45) is 0.864. The van der Waals surface area contributed by atoms with E-state index in [9.17, 15) is 9.59 Å². The van der Waals surface area contributed by atoms with Gasteiger partial charge in [0.25, 0.3) is 11.8 Å². The first-order valence-electron chi connectivity index (χ1n) is 10.4. The molecule has 3 aromatic rings. The van der Waals surface area contributed by atoms with Gasteiger partial charge in [-0.1, -0.05) is 84.6 Å². The number of imide groups is 1. The molecule has 0 unspecified atom stereocenters. The van der Waals surface area contributed by atoms with Crippen LogP contribution >= 0.6 is 11.8 Å². The van der Waals surface area contributed by atoms with E-state index in [2.05, 4.69) is 23.1 Å². The third-order valence-corrected chi connectivity index (χ3v) is 6.78. The van der Waals surface area contributed by atoms with Crippen LogP contribution in [-0.2, 0) is 29.1 Å². The van der Waals surface area contributed by atoms with Gasteiger partial charge in [-0.05, 0) is 35.2 Å². The molecule has 0 atom stereocenters. The van der Waals surface area contributed by atoms with Crippen molar-refractivity contribution < 1.29 is 9.59 Å². The molecule has 3 aromatic carbocycles. The summed E-state index contributed by atoms with van der Waals surface area (Å²) in [6, 6.07) is 27.8. The van der Waals surface area contributed by atoms with E-state index in [0.717, 1.165) is 23.4 Å². The van der Waals surface area contributed by atoms with Crippen molar-refractivity contribution in [2.75, 3.05) is 6.54 Å². The van der Waals surface area contributed by atoms with Gasteiger partial charge in [0.1, 0.15) is 10.6 Å². The first-order chi connectivity index (χ1) is 15.2. The minimum atomic E-state index is -0.212. The largest absolute Gasteiger partial charge is 0.361 e. The van der Waals surface area contributed by atoms with E-state index in [0.29, 0.717) is 17.1 Å². The van der Waals surface area contributed by atoms with Crippen LogP contribution in [0.1, 0.15) is 16.7 Å². The highest BCUT2D eigenvalue weighted by Gasteiger charge is 2.42. The molecule has 0 saturated heterocycles. The predicted octanol–water partition coefficient (Wildman–Crippen LogP) is 4.62. The van der Waals surface area contributed by atoms with E-state index in [1.54, 1.807) is 0 Å². The Morgan fingerprint density at radius 2 is 1.39 bits per heavy atom. The van der Waals surface area contributed by atoms with Crippen LogP contribution in [-0.4, -0.2) is 28.2 Å². The van der Waals surface area contributed by atoms with Crippen molar-refractivity contribution in [3.05, 3.63) is 112 Å². The van der Waals surface area contributed by atoms with Crippen LogP contribution in [0.5, 0.6) is 0 Å². The minimum absolute atomic E-state index is 0.202. The molecule has 0 fully saturated rings. The topological polar surface area (TPSA) is 40.6 Å². The first kappa shape index (κ1) is 19.6. The summed E-state index contributed by atoms with van der Waals surface area (Å²) in [7, 11) is 0. The maximum atomic E-state index is 13.5. The van der Waals surface area contributed by atoms with Gasteiger partial charge in [0.15, 0.2) is 0 Å². The van der Waals surface area contributed by atoms with Crippen LogP contribution in [0.3, 0.4) is 0 Å². The number of carbonyl (C=O) groups is 2. The molecule has 4 nitrogen and oxygen atoms in total. The lowest BCUT2D eigenvalue weighted by atomic mass is 9.99. The van der Waals surface area contributed by atoms with Crippen molar-refractivity contribution >= 4 is 23.6 Å². The summed E-state index contributed by atoms with van der Waals surface area (Å²) in [5.74, 6) is -0.414. The Labute approximate surface area is 186 Å². The molecule has 5 rings (SSSR count). The van der Waals surface area contributed by atoms with Crippen molar-refractivity contribution in [3.8, 4) is 0 Å². The van der Waals surface area contributed by atoms with Gasteiger partial charge in [-0.15, -0.1) is 0 Å². The maximum Gasteiger partial charge on any atom is 0.278 e. The van der Waals surface area contributed by atoms with E-state index in [1.165, 1.54) is 27.8 Å². The van der Waals surface area contributed by atoms with Crippen LogP contribution in [0, 0.1) is 0 Å². The van der Waals surface area contributed by atoms with Crippen molar-refractivity contribution in [1.82, 2.24) is 9.80 Å². The number of nitrogens with zero attached hydrogens (tertiary/aromatic N) is 2. The Bertz CT molecular complexity index is 1160. The quantitative estimate of drug-likeness (QED) is 0.559. The molecule has 0 bridgehead atoms. The zero-order chi connectivity index (χ0) is 21.2. The second-order valence-electron chi connectivity index (χ2n) is 7.72. The van der Waals surface area contributed by atoms with E-state index < -0.39 is 0 Å². The highest BCUT2D eigenvalue weighted by atomic mass is 32.2. The lowest BCUT2D eigenvalue weighted by Crippen LogP contribution is -2.37. The molecule has 0 aliphatic carbocycles. The molecule has 0 aromatic heterocycles. The number of hydrogen-bond donors (Lipinski definition) is 0. The van der Waals surface area contributed by atoms with E-state index in [4.69, 9.17) is 0 Å². The Hall–Kier alpha value is -3.31. The monoisotopic (exact) mass is 426 g/mol. The van der Waals surface area contributed by atoms with Gasteiger partial charge in [-0.25, -0.2) is 0 Å². The zero-order valence-electron chi connectivity index (χ0n) is 17.0. The average Bonchev–Trinajstić information content (AvgIpc) is 3.04. The average molecular weight is 427 g/mol. The van der Waals surface area contributed by atoms with Crippen molar-refractivity contribution in [2.45, 2.75) is 24.4 Å². The van der Waals surface area contributed by atoms with Crippen LogP contribution in [0.4, 0.5) is 0 Å². The van der Waals surface area contributed by atoms with E-state index >= 15 is 0 Å². The van der Waals surface area contributed by atoms with Crippen LogP contribution in [0.15, 0.2) is 100 Å². The number of thioether (sulfide) groups is 1. The molecule has 154 valence electrons. The summed E-state index contributed by atoms with van der Waals surface area (Å²) in [5, 5.41) is 0. The number of hydrogen-bond acceptors (Lipinski definition) is 4. The number of benzene rings is 3. The maximum absolute atomic E-state index is 13.5. The van der Waals surface area contributed by atoms with Gasteiger partial charge < -0.3 is 4.90 Å². The van der Waals surface area contributed by atoms with E-state index in [-0.39, 0.29) is 18.4 Å². The Kier molecular flexibility index (Phi) is 5.35. The molecule has 2 heterocycles. The van der Waals surface area contributed by atoms with Gasteiger partial charge in [0.05, 0.1) is 6.54 Å². The predicted molar refractivity (Wildman–Crippen MR) is 122 cm³/mol. The fraction of sp³-hybridized carbons (Fsp3) is 0.154. The van der Waals surface area contributed by atoms with Crippen LogP contribution < -0.4 is 0 Å². The molecule has 0 N–H and O–H groups in total. The Morgan fingerprint density at radius 1 is 0.742 bits per heavy atom. The molecule has 0 spiro atoms. The molecule has 2 aliphatic heterocycles. The standard InChI is InChI=1S/C26H22N2O2S/c29-25-23(27-16-15-20-11-7-8-12-21(20)18-27)24(31-22-13-5-2-6-14-22)26(30)28(25)17-19-9-3-1-4-10-19/h1-14H,15-18H2. The van der Waals surface area contributed by atoms with Gasteiger partial charge in [-0.2, -0.15) is 0 Å². The smallest absolute Gasteiger partial charge is 0.278 e. The minimum Gasteiger partial charge on any atom is -0.361 e. The van der Waals surface area contributed by atoms with Gasteiger partial charge in [0.2, 0.25) is 0 Å². The van der Waals surface area contributed by atoms with Crippen LogP contribution in [0.25, 0.3) is 0 Å². The SMILES string of the molecule is O=C1C(Sc2ccccc2)=C(N2CCc3ccccc3C2)C(=O)N1Cc1ccccc1. The second-order valence-corrected chi connectivity index (χ2v) is 8.80. The van der Waals surface area contributed by atoms with Gasteiger partial charge in [-0.3, -0.25) is 14.5 Å². The second kappa shape index (κ2) is 8.44. The number of amides is 2. The first-order valence-corrected chi connectivity index (χ1v) is 11.2. The van der Waals surface area contributed by atoms with Crippen molar-refractivity contribution in [2.24, 2.45) is 0 Å². The highest BCUT2D eigenvalue weighted by molar-refractivity contribution is 8.04. The molecule has 0 saturated carbocycles. The summed E-state index contributed by atoms with van der Waals surface area (Å²) in [6.45, 7) is 1.65. The van der Waals surface area contributed by atoms with Crippen LogP contribution in [0.2, 0.25) is 0 Å². The number of fused-ring (bicyclic) bond motifs is 1. The number of carbonyl (C=O) groups excluding carboxylic acids is 2. The fourth-order valence-corrected chi connectivity index (χ4v) is 5.15. The summed E-state index contributed by atoms with van der Waals surface area (Å²) in [5.41, 5.74) is 4.00. The molecule has 31 heavy (non-hydrogen) atoms. The molecular weight excluding hydrogens is 404 g/mol. The summed E-state index contributed by atoms with van der Waals surface area (Å²) in [4.78, 5) is 31.9. The molecule has 2 aliphatic rings. The zero-order valence-corrected chi connectivity index (χ0v) is 17.8. The normalized spacial score (nSPS) is 16.1. The number of rotatable bonds is 5. The summed E-state index contributed by atoms with van der Waals surface area (Å²) < 4.78 is 0.